The molecule has 3 nitrogen and oxygen atoms in total. The number of nitrogens with zero attached hydrogens (tertiary/aromatic N) is 3. The van der Waals surface area contributed by atoms with Crippen molar-refractivity contribution in [3.8, 4) is 0 Å². The van der Waals surface area contributed by atoms with Crippen molar-refractivity contribution in [1.82, 2.24) is 10.2 Å². The molecule has 2 rings (SSSR count). The number of hydrogen-bond acceptors (Lipinski definition) is 3. The van der Waals surface area contributed by atoms with E-state index in [0.717, 1.165) is 27.7 Å². The molecule has 1 aromatic carbocycles. The van der Waals surface area contributed by atoms with Crippen molar-refractivity contribution in [3.05, 3.63) is 60.1 Å². The summed E-state index contributed by atoms with van der Waals surface area (Å²) in [4.78, 5) is 4.03. The van der Waals surface area contributed by atoms with E-state index in [0.29, 0.717) is 6.42 Å². The fourth-order valence-corrected chi connectivity index (χ4v) is 1.93. The smallest absolute Gasteiger partial charge is 0.0753 e. The molecular formula is C16H17N3. The maximum Gasteiger partial charge on any atom is 0.0753 e. The summed E-state index contributed by atoms with van der Waals surface area (Å²) in [6, 6.07) is 8.19. The number of aromatic nitrogens is 2. The molecule has 0 radical (unpaired) electrons. The van der Waals surface area contributed by atoms with Gasteiger partial charge in [-0.1, -0.05) is 30.8 Å². The molecule has 0 fully saturated rings. The predicted octanol–water partition coefficient (Wildman–Crippen LogP) is 3.64. The number of hydrogen-bond donors (Lipinski definition) is 0. The Morgan fingerprint density at radius 3 is 2.74 bits per heavy atom. The quantitative estimate of drug-likeness (QED) is 0.614. The van der Waals surface area contributed by atoms with Crippen LogP contribution in [0, 0.1) is 6.92 Å². The van der Waals surface area contributed by atoms with Crippen LogP contribution in [0.5, 0.6) is 0 Å². The van der Waals surface area contributed by atoms with Crippen LogP contribution in [0.1, 0.15) is 18.3 Å². The lowest BCUT2D eigenvalue weighted by Gasteiger charge is -2.06. The number of rotatable bonds is 4. The van der Waals surface area contributed by atoms with E-state index in [9.17, 15) is 0 Å². The first kappa shape index (κ1) is 13.1. The van der Waals surface area contributed by atoms with Gasteiger partial charge in [0.15, 0.2) is 0 Å². The Labute approximate surface area is 113 Å². The summed E-state index contributed by atoms with van der Waals surface area (Å²) in [5, 5.41) is 10.8. The van der Waals surface area contributed by atoms with Gasteiger partial charge in [-0.2, -0.15) is 10.2 Å². The monoisotopic (exact) mass is 251 g/mol. The van der Waals surface area contributed by atoms with Crippen LogP contribution in [-0.2, 0) is 6.42 Å². The van der Waals surface area contributed by atoms with Gasteiger partial charge in [0, 0.05) is 29.6 Å². The zero-order chi connectivity index (χ0) is 13.7. The molecule has 0 bridgehead atoms. The molecule has 1 aromatic heterocycles. The SMILES string of the molecule is C=C(/C=C\N=CC)Cc1nnc(C)c2ccccc12. The highest BCUT2D eigenvalue weighted by molar-refractivity contribution is 5.86. The van der Waals surface area contributed by atoms with Crippen molar-refractivity contribution in [1.29, 1.82) is 0 Å². The van der Waals surface area contributed by atoms with Crippen LogP contribution in [0.25, 0.3) is 10.8 Å². The van der Waals surface area contributed by atoms with E-state index in [1.54, 1.807) is 12.4 Å². The Bertz CT molecular complexity index is 654. The minimum atomic E-state index is 0.684. The molecule has 0 saturated carbocycles. The molecule has 0 spiro atoms. The average Bonchev–Trinajstić information content (AvgIpc) is 2.43. The van der Waals surface area contributed by atoms with Crippen LogP contribution < -0.4 is 0 Å². The second-order valence-corrected chi connectivity index (χ2v) is 4.34. The van der Waals surface area contributed by atoms with Crippen LogP contribution >= 0.6 is 0 Å². The highest BCUT2D eigenvalue weighted by Gasteiger charge is 2.06. The maximum absolute atomic E-state index is 4.29. The number of allylic oxidation sites excluding steroid dienone is 2. The van der Waals surface area contributed by atoms with Crippen molar-refractivity contribution >= 4 is 17.0 Å². The van der Waals surface area contributed by atoms with E-state index in [1.807, 2.05) is 32.1 Å². The molecule has 3 heteroatoms. The Hall–Kier alpha value is -2.29. The highest BCUT2D eigenvalue weighted by Crippen LogP contribution is 2.20. The van der Waals surface area contributed by atoms with Crippen LogP contribution in [0.3, 0.4) is 0 Å². The molecule has 0 N–H and O–H groups in total. The van der Waals surface area contributed by atoms with Crippen LogP contribution in [-0.4, -0.2) is 16.4 Å². The molecule has 0 aliphatic heterocycles. The third-order valence-corrected chi connectivity index (χ3v) is 2.89. The van der Waals surface area contributed by atoms with Gasteiger partial charge in [-0.25, -0.2) is 0 Å². The van der Waals surface area contributed by atoms with E-state index in [1.165, 1.54) is 0 Å². The van der Waals surface area contributed by atoms with Crippen LogP contribution in [0.2, 0.25) is 0 Å². The van der Waals surface area contributed by atoms with Gasteiger partial charge >= 0.3 is 0 Å². The minimum absolute atomic E-state index is 0.684. The summed E-state index contributed by atoms with van der Waals surface area (Å²) in [5.41, 5.74) is 2.88. The van der Waals surface area contributed by atoms with E-state index < -0.39 is 0 Å². The first-order chi connectivity index (χ1) is 9.22. The van der Waals surface area contributed by atoms with E-state index >= 15 is 0 Å². The molecule has 1 heterocycles. The number of aryl methyl sites for hydroxylation is 1. The zero-order valence-corrected chi connectivity index (χ0v) is 11.3. The minimum Gasteiger partial charge on any atom is -0.269 e. The van der Waals surface area contributed by atoms with Gasteiger partial charge in [0.2, 0.25) is 0 Å². The molecule has 19 heavy (non-hydrogen) atoms. The Kier molecular flexibility index (Phi) is 4.18. The first-order valence-corrected chi connectivity index (χ1v) is 6.25. The lowest BCUT2D eigenvalue weighted by molar-refractivity contribution is 0.931. The van der Waals surface area contributed by atoms with Gasteiger partial charge in [0.25, 0.3) is 0 Å². The van der Waals surface area contributed by atoms with Gasteiger partial charge in [0.05, 0.1) is 11.4 Å². The number of aliphatic imine (C=N–C) groups is 1. The summed E-state index contributed by atoms with van der Waals surface area (Å²) < 4.78 is 0. The molecule has 0 aliphatic carbocycles. The molecule has 0 saturated heterocycles. The first-order valence-electron chi connectivity index (χ1n) is 6.25. The highest BCUT2D eigenvalue weighted by atomic mass is 15.1. The van der Waals surface area contributed by atoms with Crippen molar-refractivity contribution < 1.29 is 0 Å². The van der Waals surface area contributed by atoms with Crippen LogP contribution in [0.15, 0.2) is 53.7 Å². The molecule has 2 aromatic rings. The number of fused-ring (bicyclic) bond motifs is 1. The summed E-state index contributed by atoms with van der Waals surface area (Å²) in [5.74, 6) is 0. The van der Waals surface area contributed by atoms with Crippen molar-refractivity contribution in [2.24, 2.45) is 4.99 Å². The summed E-state index contributed by atoms with van der Waals surface area (Å²) >= 11 is 0. The molecular weight excluding hydrogens is 234 g/mol. The van der Waals surface area contributed by atoms with E-state index in [-0.39, 0.29) is 0 Å². The topological polar surface area (TPSA) is 38.1 Å². The third kappa shape index (κ3) is 3.13. The maximum atomic E-state index is 4.29. The standard InChI is InChI=1S/C16H17N3/c1-4-17-10-9-12(2)11-16-15-8-6-5-7-14(15)13(3)18-19-16/h4-10H,2,11H2,1,3H3/b10-9-,17-4?. The molecule has 0 aliphatic rings. The fourth-order valence-electron chi connectivity index (χ4n) is 1.93. The van der Waals surface area contributed by atoms with Gasteiger partial charge < -0.3 is 0 Å². The second-order valence-electron chi connectivity index (χ2n) is 4.34. The van der Waals surface area contributed by atoms with Gasteiger partial charge in [-0.05, 0) is 25.5 Å². The molecule has 0 amide bonds. The molecule has 0 unspecified atom stereocenters. The molecule has 0 atom stereocenters. The largest absolute Gasteiger partial charge is 0.269 e. The summed E-state index contributed by atoms with van der Waals surface area (Å²) in [7, 11) is 0. The third-order valence-electron chi connectivity index (χ3n) is 2.89. The van der Waals surface area contributed by atoms with Crippen molar-refractivity contribution in [2.75, 3.05) is 0 Å². The Morgan fingerprint density at radius 1 is 1.26 bits per heavy atom. The Balaban J connectivity index is 2.31. The zero-order valence-electron chi connectivity index (χ0n) is 11.3. The second kappa shape index (κ2) is 6.05. The molecule has 96 valence electrons. The van der Waals surface area contributed by atoms with Crippen molar-refractivity contribution in [2.45, 2.75) is 20.3 Å². The van der Waals surface area contributed by atoms with Gasteiger partial charge in [0.1, 0.15) is 0 Å². The lowest BCUT2D eigenvalue weighted by Crippen LogP contribution is -1.98. The van der Waals surface area contributed by atoms with Gasteiger partial charge in [-0.15, -0.1) is 0 Å². The van der Waals surface area contributed by atoms with Gasteiger partial charge in [-0.3, -0.25) is 4.99 Å². The fraction of sp³-hybridized carbons (Fsp3) is 0.188. The predicted molar refractivity (Wildman–Crippen MR) is 80.4 cm³/mol. The number of benzene rings is 1. The summed E-state index contributed by atoms with van der Waals surface area (Å²) in [6.45, 7) is 7.88. The van der Waals surface area contributed by atoms with Crippen molar-refractivity contribution in [3.63, 3.8) is 0 Å². The summed E-state index contributed by atoms with van der Waals surface area (Å²) in [6.07, 6.45) is 6.07. The van der Waals surface area contributed by atoms with E-state index in [2.05, 4.69) is 33.9 Å². The normalized spacial score (nSPS) is 11.7. The van der Waals surface area contributed by atoms with E-state index in [4.69, 9.17) is 0 Å². The lowest BCUT2D eigenvalue weighted by atomic mass is 10.0. The Morgan fingerprint density at radius 2 is 2.00 bits per heavy atom. The van der Waals surface area contributed by atoms with Crippen LogP contribution in [0.4, 0.5) is 0 Å². The average molecular weight is 251 g/mol.